The van der Waals surface area contributed by atoms with Crippen molar-refractivity contribution in [1.82, 2.24) is 0 Å². The Morgan fingerprint density at radius 3 is 2.65 bits per heavy atom. The van der Waals surface area contributed by atoms with Crippen LogP contribution in [0.3, 0.4) is 0 Å². The van der Waals surface area contributed by atoms with E-state index in [1.807, 2.05) is 31.2 Å². The molecule has 3 nitrogen and oxygen atoms in total. The highest BCUT2D eigenvalue weighted by Gasteiger charge is 2.46. The summed E-state index contributed by atoms with van der Waals surface area (Å²) in [7, 11) is 0. The molecule has 0 aliphatic heterocycles. The predicted molar refractivity (Wildman–Crippen MR) is 88.6 cm³/mol. The zero-order chi connectivity index (χ0) is 16.4. The van der Waals surface area contributed by atoms with Gasteiger partial charge in [0, 0.05) is 17.2 Å². The van der Waals surface area contributed by atoms with Crippen molar-refractivity contribution < 1.29 is 8.78 Å². The van der Waals surface area contributed by atoms with Gasteiger partial charge in [-0.05, 0) is 49.1 Å². The highest BCUT2D eigenvalue weighted by Crippen LogP contribution is 2.49. The molecule has 2 aromatic rings. The molecule has 1 saturated carbocycles. The molecule has 5 heteroatoms. The number of aliphatic imine (C=N–C) groups is 1. The fraction of sp³-hybridized carbons (Fsp3) is 0.278. The van der Waals surface area contributed by atoms with E-state index < -0.39 is 11.6 Å². The SMILES string of the molecule is Cc1cccc(NC(N)=NCC2(c3ccc(F)cc3F)CC2)c1. The van der Waals surface area contributed by atoms with Crippen LogP contribution in [0.25, 0.3) is 0 Å². The number of nitrogens with zero attached hydrogens (tertiary/aromatic N) is 1. The van der Waals surface area contributed by atoms with Crippen molar-refractivity contribution in [2.45, 2.75) is 25.2 Å². The minimum Gasteiger partial charge on any atom is -0.370 e. The first-order chi connectivity index (χ1) is 11.0. The molecular formula is C18H19F2N3. The van der Waals surface area contributed by atoms with Crippen molar-refractivity contribution in [3.05, 3.63) is 65.2 Å². The molecule has 3 N–H and O–H groups in total. The van der Waals surface area contributed by atoms with Crippen LogP contribution < -0.4 is 11.1 Å². The average Bonchev–Trinajstić information content (AvgIpc) is 3.26. The molecule has 23 heavy (non-hydrogen) atoms. The lowest BCUT2D eigenvalue weighted by Gasteiger charge is -2.15. The number of nitrogens with two attached hydrogens (primary N) is 1. The number of halogens is 2. The predicted octanol–water partition coefficient (Wildman–Crippen LogP) is 3.73. The van der Waals surface area contributed by atoms with E-state index in [1.54, 1.807) is 0 Å². The second-order valence-electron chi connectivity index (χ2n) is 6.10. The zero-order valence-corrected chi connectivity index (χ0v) is 12.9. The van der Waals surface area contributed by atoms with Gasteiger partial charge in [-0.3, -0.25) is 4.99 Å². The molecule has 0 heterocycles. The number of hydrogen-bond acceptors (Lipinski definition) is 1. The molecule has 2 aromatic carbocycles. The minimum absolute atomic E-state index is 0.296. The van der Waals surface area contributed by atoms with Crippen LogP contribution in [0, 0.1) is 18.6 Å². The van der Waals surface area contributed by atoms with Crippen molar-refractivity contribution in [2.75, 3.05) is 11.9 Å². The standard InChI is InChI=1S/C18H19F2N3/c1-12-3-2-4-14(9-12)23-17(21)22-11-18(7-8-18)15-6-5-13(19)10-16(15)20/h2-6,9-10H,7-8,11H2,1H3,(H3,21,22,23). The van der Waals surface area contributed by atoms with Crippen molar-refractivity contribution in [3.63, 3.8) is 0 Å². The lowest BCUT2D eigenvalue weighted by atomic mass is 9.95. The van der Waals surface area contributed by atoms with Crippen molar-refractivity contribution in [1.29, 1.82) is 0 Å². The summed E-state index contributed by atoms with van der Waals surface area (Å²) in [5.74, 6) is -0.779. The minimum atomic E-state index is -0.564. The summed E-state index contributed by atoms with van der Waals surface area (Å²) in [5, 5.41) is 3.03. The van der Waals surface area contributed by atoms with Crippen LogP contribution in [0.15, 0.2) is 47.5 Å². The Balaban J connectivity index is 1.71. The molecule has 3 rings (SSSR count). The van der Waals surface area contributed by atoms with Gasteiger partial charge in [0.2, 0.25) is 0 Å². The number of aryl methyl sites for hydroxylation is 1. The summed E-state index contributed by atoms with van der Waals surface area (Å²) in [6, 6.07) is 11.5. The van der Waals surface area contributed by atoms with Crippen LogP contribution in [-0.4, -0.2) is 12.5 Å². The van der Waals surface area contributed by atoms with E-state index in [2.05, 4.69) is 10.3 Å². The Kier molecular flexibility index (Phi) is 4.03. The maximum atomic E-state index is 14.0. The third-order valence-electron chi connectivity index (χ3n) is 4.20. The van der Waals surface area contributed by atoms with Gasteiger partial charge in [-0.1, -0.05) is 18.2 Å². The lowest BCUT2D eigenvalue weighted by molar-refractivity contribution is 0.549. The maximum absolute atomic E-state index is 14.0. The Hall–Kier alpha value is -2.43. The maximum Gasteiger partial charge on any atom is 0.193 e. The summed E-state index contributed by atoms with van der Waals surface area (Å²) >= 11 is 0. The van der Waals surface area contributed by atoms with Crippen LogP contribution in [-0.2, 0) is 5.41 Å². The van der Waals surface area contributed by atoms with Gasteiger partial charge < -0.3 is 11.1 Å². The largest absolute Gasteiger partial charge is 0.370 e. The molecule has 1 aliphatic rings. The van der Waals surface area contributed by atoms with Crippen LogP contribution >= 0.6 is 0 Å². The molecule has 0 amide bonds. The lowest BCUT2D eigenvalue weighted by Crippen LogP contribution is -2.25. The first kappa shape index (κ1) is 15.5. The Morgan fingerprint density at radius 1 is 1.22 bits per heavy atom. The van der Waals surface area contributed by atoms with Crippen LogP contribution in [0.4, 0.5) is 14.5 Å². The first-order valence-electron chi connectivity index (χ1n) is 7.58. The summed E-state index contributed by atoms with van der Waals surface area (Å²) in [6.07, 6.45) is 1.66. The number of hydrogen-bond donors (Lipinski definition) is 2. The second kappa shape index (κ2) is 5.99. The summed E-state index contributed by atoms with van der Waals surface area (Å²) in [4.78, 5) is 4.35. The van der Waals surface area contributed by atoms with Crippen LogP contribution in [0.5, 0.6) is 0 Å². The smallest absolute Gasteiger partial charge is 0.193 e. The summed E-state index contributed by atoms with van der Waals surface area (Å²) in [5.41, 5.74) is 8.07. The number of benzene rings is 2. The van der Waals surface area contributed by atoms with E-state index >= 15 is 0 Å². The van der Waals surface area contributed by atoms with Gasteiger partial charge >= 0.3 is 0 Å². The molecule has 0 radical (unpaired) electrons. The van der Waals surface area contributed by atoms with Gasteiger partial charge in [0.15, 0.2) is 5.96 Å². The normalized spacial score (nSPS) is 16.2. The molecule has 0 atom stereocenters. The highest BCUT2D eigenvalue weighted by atomic mass is 19.1. The van der Waals surface area contributed by atoms with Crippen molar-refractivity contribution in [2.24, 2.45) is 10.7 Å². The Bertz CT molecular complexity index is 752. The second-order valence-corrected chi connectivity index (χ2v) is 6.10. The molecule has 1 aliphatic carbocycles. The molecule has 0 unspecified atom stereocenters. The van der Waals surface area contributed by atoms with Crippen LogP contribution in [0.1, 0.15) is 24.0 Å². The number of anilines is 1. The molecule has 1 fully saturated rings. The van der Waals surface area contributed by atoms with E-state index in [4.69, 9.17) is 5.73 Å². The fourth-order valence-electron chi connectivity index (χ4n) is 2.73. The molecule has 0 aromatic heterocycles. The van der Waals surface area contributed by atoms with Gasteiger partial charge in [0.1, 0.15) is 11.6 Å². The molecule has 120 valence electrons. The van der Waals surface area contributed by atoms with E-state index in [-0.39, 0.29) is 5.41 Å². The monoisotopic (exact) mass is 315 g/mol. The molecular weight excluding hydrogens is 296 g/mol. The third-order valence-corrected chi connectivity index (χ3v) is 4.20. The quantitative estimate of drug-likeness (QED) is 0.667. The molecule has 0 spiro atoms. The molecule has 0 bridgehead atoms. The number of rotatable bonds is 4. The fourth-order valence-corrected chi connectivity index (χ4v) is 2.73. The average molecular weight is 315 g/mol. The zero-order valence-electron chi connectivity index (χ0n) is 12.9. The van der Waals surface area contributed by atoms with E-state index in [9.17, 15) is 8.78 Å². The van der Waals surface area contributed by atoms with Crippen molar-refractivity contribution in [3.8, 4) is 0 Å². The van der Waals surface area contributed by atoms with Gasteiger partial charge in [-0.2, -0.15) is 0 Å². The van der Waals surface area contributed by atoms with Gasteiger partial charge in [0.05, 0.1) is 6.54 Å². The highest BCUT2D eigenvalue weighted by molar-refractivity contribution is 5.92. The van der Waals surface area contributed by atoms with E-state index in [1.165, 1.54) is 12.1 Å². The Labute approximate surface area is 134 Å². The first-order valence-corrected chi connectivity index (χ1v) is 7.58. The Morgan fingerprint density at radius 2 is 2.00 bits per heavy atom. The van der Waals surface area contributed by atoms with Gasteiger partial charge in [0.25, 0.3) is 0 Å². The van der Waals surface area contributed by atoms with Gasteiger partial charge in [-0.25, -0.2) is 8.78 Å². The van der Waals surface area contributed by atoms with Crippen molar-refractivity contribution >= 4 is 11.6 Å². The third kappa shape index (κ3) is 3.50. The van der Waals surface area contributed by atoms with Crippen LogP contribution in [0.2, 0.25) is 0 Å². The topological polar surface area (TPSA) is 50.4 Å². The molecule has 0 saturated heterocycles. The summed E-state index contributed by atoms with van der Waals surface area (Å²) in [6.45, 7) is 2.38. The summed E-state index contributed by atoms with van der Waals surface area (Å²) < 4.78 is 27.0. The van der Waals surface area contributed by atoms with E-state index in [0.717, 1.165) is 30.2 Å². The number of nitrogens with one attached hydrogen (secondary N) is 1. The van der Waals surface area contributed by atoms with E-state index in [0.29, 0.717) is 18.1 Å². The number of guanidine groups is 1. The van der Waals surface area contributed by atoms with Gasteiger partial charge in [-0.15, -0.1) is 0 Å².